The molecule has 1 fully saturated rings. The number of pyridine rings is 1. The maximum absolute atomic E-state index is 12.9. The van der Waals surface area contributed by atoms with Gasteiger partial charge < -0.3 is 15.1 Å². The lowest BCUT2D eigenvalue weighted by Gasteiger charge is -2.36. The molecule has 7 heteroatoms. The Kier molecular flexibility index (Phi) is 5.61. The molecular formula is C25H24N6O. The van der Waals surface area contributed by atoms with Crippen LogP contribution >= 0.6 is 0 Å². The van der Waals surface area contributed by atoms with Crippen molar-refractivity contribution in [1.82, 2.24) is 19.9 Å². The van der Waals surface area contributed by atoms with Crippen LogP contribution in [0.3, 0.4) is 0 Å². The van der Waals surface area contributed by atoms with Gasteiger partial charge in [0.1, 0.15) is 5.82 Å². The van der Waals surface area contributed by atoms with Crippen LogP contribution in [-0.4, -0.2) is 58.5 Å². The molecule has 0 atom stereocenters. The molecule has 2 aromatic heterocycles. The lowest BCUT2D eigenvalue weighted by molar-refractivity contribution is -0.129. The molecule has 0 saturated carbocycles. The summed E-state index contributed by atoms with van der Waals surface area (Å²) in [7, 11) is 0. The second kappa shape index (κ2) is 9.01. The second-order valence-corrected chi connectivity index (χ2v) is 7.71. The standard InChI is InChI=1S/C25H24N6O/c32-23(31-15-13-30(14-16-31)20-8-2-1-3-9-20)18-27-25-21-10-4-5-11-22(21)28-24(29-25)19-7-6-12-26-17-19/h1-12,17H,13-16,18H2,(H,27,28,29). The lowest BCUT2D eigenvalue weighted by Crippen LogP contribution is -2.50. The quantitative estimate of drug-likeness (QED) is 0.529. The number of fused-ring (bicyclic) bond motifs is 1. The van der Waals surface area contributed by atoms with Crippen LogP contribution in [-0.2, 0) is 4.79 Å². The minimum atomic E-state index is 0.0725. The lowest BCUT2D eigenvalue weighted by atomic mass is 10.2. The van der Waals surface area contributed by atoms with E-state index in [1.807, 2.05) is 59.5 Å². The van der Waals surface area contributed by atoms with E-state index < -0.39 is 0 Å². The third-order valence-corrected chi connectivity index (χ3v) is 5.68. The number of nitrogens with one attached hydrogen (secondary N) is 1. The summed E-state index contributed by atoms with van der Waals surface area (Å²) in [6, 6.07) is 21.9. The first-order chi connectivity index (χ1) is 15.8. The molecule has 0 radical (unpaired) electrons. The van der Waals surface area contributed by atoms with E-state index in [2.05, 4.69) is 32.3 Å². The number of nitrogens with zero attached hydrogens (tertiary/aromatic N) is 5. The van der Waals surface area contributed by atoms with Crippen LogP contribution in [0, 0.1) is 0 Å². The van der Waals surface area contributed by atoms with Gasteiger partial charge in [-0.2, -0.15) is 0 Å². The topological polar surface area (TPSA) is 74.2 Å². The summed E-state index contributed by atoms with van der Waals surface area (Å²) < 4.78 is 0. The number of carbonyl (C=O) groups is 1. The van der Waals surface area contributed by atoms with E-state index in [1.54, 1.807) is 12.4 Å². The van der Waals surface area contributed by atoms with Gasteiger partial charge in [0.05, 0.1) is 12.1 Å². The van der Waals surface area contributed by atoms with E-state index in [1.165, 1.54) is 5.69 Å². The van der Waals surface area contributed by atoms with Gasteiger partial charge in [-0.1, -0.05) is 30.3 Å². The molecule has 1 aliphatic heterocycles. The first-order valence-electron chi connectivity index (χ1n) is 10.8. The smallest absolute Gasteiger partial charge is 0.242 e. The zero-order chi connectivity index (χ0) is 21.8. The van der Waals surface area contributed by atoms with Gasteiger partial charge in [0.15, 0.2) is 5.82 Å². The van der Waals surface area contributed by atoms with E-state index in [4.69, 9.17) is 4.98 Å². The number of piperazine rings is 1. The summed E-state index contributed by atoms with van der Waals surface area (Å²) in [5.74, 6) is 1.32. The molecule has 7 nitrogen and oxygen atoms in total. The Labute approximate surface area is 186 Å². The zero-order valence-corrected chi connectivity index (χ0v) is 17.7. The van der Waals surface area contributed by atoms with E-state index in [0.29, 0.717) is 24.7 Å². The van der Waals surface area contributed by atoms with Crippen LogP contribution in [0.15, 0.2) is 79.1 Å². The second-order valence-electron chi connectivity index (χ2n) is 7.71. The maximum atomic E-state index is 12.9. The maximum Gasteiger partial charge on any atom is 0.242 e. The van der Waals surface area contributed by atoms with E-state index >= 15 is 0 Å². The van der Waals surface area contributed by atoms with E-state index in [-0.39, 0.29) is 12.5 Å². The fourth-order valence-corrected chi connectivity index (χ4v) is 3.96. The number of hydrogen-bond acceptors (Lipinski definition) is 6. The van der Waals surface area contributed by atoms with Gasteiger partial charge in [0.2, 0.25) is 5.91 Å². The molecule has 2 aromatic carbocycles. The molecule has 3 heterocycles. The summed E-state index contributed by atoms with van der Waals surface area (Å²) in [5.41, 5.74) is 2.87. The normalized spacial score (nSPS) is 13.9. The van der Waals surface area contributed by atoms with Gasteiger partial charge in [-0.05, 0) is 36.4 Å². The van der Waals surface area contributed by atoms with Crippen LogP contribution in [0.5, 0.6) is 0 Å². The van der Waals surface area contributed by atoms with Gasteiger partial charge in [0, 0.05) is 55.2 Å². The Morgan fingerprint density at radius 1 is 0.875 bits per heavy atom. The Morgan fingerprint density at radius 3 is 2.44 bits per heavy atom. The van der Waals surface area contributed by atoms with Gasteiger partial charge in [0.25, 0.3) is 0 Å². The first kappa shape index (κ1) is 19.9. The molecule has 0 spiro atoms. The number of aromatic nitrogens is 3. The van der Waals surface area contributed by atoms with Gasteiger partial charge in [-0.15, -0.1) is 0 Å². The fourth-order valence-electron chi connectivity index (χ4n) is 3.96. The van der Waals surface area contributed by atoms with Crippen LogP contribution < -0.4 is 10.2 Å². The number of anilines is 2. The van der Waals surface area contributed by atoms with Gasteiger partial charge in [-0.3, -0.25) is 9.78 Å². The van der Waals surface area contributed by atoms with Crippen LogP contribution in [0.2, 0.25) is 0 Å². The molecule has 160 valence electrons. The van der Waals surface area contributed by atoms with Crippen LogP contribution in [0.1, 0.15) is 0 Å². The van der Waals surface area contributed by atoms with Crippen molar-refractivity contribution in [3.05, 3.63) is 79.1 Å². The highest BCUT2D eigenvalue weighted by Crippen LogP contribution is 2.24. The van der Waals surface area contributed by atoms with Crippen molar-refractivity contribution in [3.8, 4) is 11.4 Å². The summed E-state index contributed by atoms with van der Waals surface area (Å²) in [6.45, 7) is 3.27. The number of para-hydroxylation sites is 2. The average Bonchev–Trinajstić information content (AvgIpc) is 2.88. The Bertz CT molecular complexity index is 1210. The zero-order valence-electron chi connectivity index (χ0n) is 17.7. The monoisotopic (exact) mass is 424 g/mol. The molecule has 0 bridgehead atoms. The number of benzene rings is 2. The molecule has 1 saturated heterocycles. The first-order valence-corrected chi connectivity index (χ1v) is 10.8. The van der Waals surface area contributed by atoms with Crippen molar-refractivity contribution < 1.29 is 4.79 Å². The van der Waals surface area contributed by atoms with Crippen molar-refractivity contribution in [2.75, 3.05) is 42.9 Å². The van der Waals surface area contributed by atoms with Crippen LogP contribution in [0.25, 0.3) is 22.3 Å². The van der Waals surface area contributed by atoms with Crippen LogP contribution in [0.4, 0.5) is 11.5 Å². The predicted octanol–water partition coefficient (Wildman–Crippen LogP) is 3.45. The summed E-state index contributed by atoms with van der Waals surface area (Å²) in [5, 5.41) is 4.15. The molecule has 4 aromatic rings. The van der Waals surface area contributed by atoms with Crippen molar-refractivity contribution in [1.29, 1.82) is 0 Å². The summed E-state index contributed by atoms with van der Waals surface area (Å²) in [6.07, 6.45) is 3.46. The molecule has 0 aliphatic carbocycles. The minimum absolute atomic E-state index is 0.0725. The van der Waals surface area contributed by atoms with Crippen molar-refractivity contribution in [2.45, 2.75) is 0 Å². The third kappa shape index (κ3) is 4.23. The Balaban J connectivity index is 1.28. The third-order valence-electron chi connectivity index (χ3n) is 5.68. The number of hydrogen-bond donors (Lipinski definition) is 1. The average molecular weight is 425 g/mol. The van der Waals surface area contributed by atoms with Gasteiger partial charge in [-0.25, -0.2) is 9.97 Å². The summed E-state index contributed by atoms with van der Waals surface area (Å²) in [4.78, 5) is 30.7. The van der Waals surface area contributed by atoms with Crippen molar-refractivity contribution in [2.24, 2.45) is 0 Å². The van der Waals surface area contributed by atoms with Crippen molar-refractivity contribution in [3.63, 3.8) is 0 Å². The minimum Gasteiger partial charge on any atom is -0.368 e. The highest BCUT2D eigenvalue weighted by atomic mass is 16.2. The molecule has 5 rings (SSSR count). The highest BCUT2D eigenvalue weighted by Gasteiger charge is 2.21. The van der Waals surface area contributed by atoms with E-state index in [0.717, 1.165) is 29.6 Å². The largest absolute Gasteiger partial charge is 0.368 e. The fraction of sp³-hybridized carbons (Fsp3) is 0.200. The highest BCUT2D eigenvalue weighted by molar-refractivity contribution is 5.92. The molecule has 1 N–H and O–H groups in total. The summed E-state index contributed by atoms with van der Waals surface area (Å²) >= 11 is 0. The predicted molar refractivity (Wildman–Crippen MR) is 126 cm³/mol. The molecule has 1 amide bonds. The Hall–Kier alpha value is -4.00. The number of amides is 1. The SMILES string of the molecule is O=C(CNc1nc(-c2cccnc2)nc2ccccc12)N1CCN(c2ccccc2)CC1. The number of carbonyl (C=O) groups excluding carboxylic acids is 1. The molecular weight excluding hydrogens is 400 g/mol. The van der Waals surface area contributed by atoms with Gasteiger partial charge >= 0.3 is 0 Å². The molecule has 0 unspecified atom stereocenters. The molecule has 32 heavy (non-hydrogen) atoms. The van der Waals surface area contributed by atoms with E-state index in [9.17, 15) is 4.79 Å². The number of rotatable bonds is 5. The molecule has 1 aliphatic rings. The Morgan fingerprint density at radius 2 is 1.66 bits per heavy atom. The van der Waals surface area contributed by atoms with Crippen molar-refractivity contribution >= 4 is 28.3 Å².